The maximum atomic E-state index is 13.4. The number of anilines is 1. The maximum Gasteiger partial charge on any atom is 0.330 e. The SMILES string of the molecule is CCC=C1c2[nH]c(=O)[nH]c2N(CCCC)C(=O)N1CCCn1nnc(Cc2ccc(F)c(F)c2)n1. The van der Waals surface area contributed by atoms with Crippen LogP contribution in [0.5, 0.6) is 0 Å². The molecule has 3 aromatic rings. The van der Waals surface area contributed by atoms with Gasteiger partial charge in [-0.15, -0.1) is 10.2 Å². The summed E-state index contributed by atoms with van der Waals surface area (Å²) < 4.78 is 26.6. The first-order chi connectivity index (χ1) is 16.9. The Hall–Kier alpha value is -3.83. The Morgan fingerprint density at radius 1 is 1.00 bits per heavy atom. The average molecular weight is 487 g/mol. The number of nitrogens with one attached hydrogen (secondary N) is 2. The summed E-state index contributed by atoms with van der Waals surface area (Å²) >= 11 is 0. The Labute approximate surface area is 200 Å². The number of H-pyrrole nitrogens is 2. The lowest BCUT2D eigenvalue weighted by Crippen LogP contribution is -2.47. The first kappa shape index (κ1) is 24.3. The van der Waals surface area contributed by atoms with E-state index in [0.717, 1.165) is 25.0 Å². The van der Waals surface area contributed by atoms with Crippen molar-refractivity contribution in [2.75, 3.05) is 18.0 Å². The van der Waals surface area contributed by atoms with Crippen molar-refractivity contribution in [1.82, 2.24) is 35.1 Å². The summed E-state index contributed by atoms with van der Waals surface area (Å²) in [6.07, 6.45) is 5.10. The van der Waals surface area contributed by atoms with Crippen molar-refractivity contribution >= 4 is 17.5 Å². The van der Waals surface area contributed by atoms with E-state index in [2.05, 4.69) is 25.4 Å². The summed E-state index contributed by atoms with van der Waals surface area (Å²) in [6.45, 7) is 5.31. The van der Waals surface area contributed by atoms with Gasteiger partial charge < -0.3 is 4.98 Å². The van der Waals surface area contributed by atoms with Crippen LogP contribution in [0.2, 0.25) is 0 Å². The van der Waals surface area contributed by atoms with Crippen LogP contribution in [0, 0.1) is 11.6 Å². The molecular weight excluding hydrogens is 458 g/mol. The summed E-state index contributed by atoms with van der Waals surface area (Å²) in [5, 5.41) is 12.3. The van der Waals surface area contributed by atoms with E-state index in [-0.39, 0.29) is 18.1 Å². The first-order valence-corrected chi connectivity index (χ1v) is 11.7. The summed E-state index contributed by atoms with van der Waals surface area (Å²) in [7, 11) is 0. The third-order valence-electron chi connectivity index (χ3n) is 5.70. The third-order valence-corrected chi connectivity index (χ3v) is 5.70. The van der Waals surface area contributed by atoms with Gasteiger partial charge in [0, 0.05) is 19.5 Å². The Morgan fingerprint density at radius 2 is 1.80 bits per heavy atom. The van der Waals surface area contributed by atoms with E-state index in [4.69, 9.17) is 0 Å². The van der Waals surface area contributed by atoms with E-state index >= 15 is 0 Å². The lowest BCUT2D eigenvalue weighted by molar-refractivity contribution is 0.221. The van der Waals surface area contributed by atoms with Crippen LogP contribution in [0.25, 0.3) is 5.70 Å². The predicted molar refractivity (Wildman–Crippen MR) is 126 cm³/mol. The number of carbonyl (C=O) groups is 1. The number of hydrogen-bond donors (Lipinski definition) is 2. The Bertz CT molecular complexity index is 1280. The van der Waals surface area contributed by atoms with Gasteiger partial charge in [0.2, 0.25) is 0 Å². The minimum absolute atomic E-state index is 0.188. The molecule has 1 aliphatic heterocycles. The first-order valence-electron chi connectivity index (χ1n) is 11.7. The van der Waals surface area contributed by atoms with Crippen LogP contribution in [0.1, 0.15) is 56.6 Å². The number of aromatic amines is 2. The molecule has 0 bridgehead atoms. The summed E-state index contributed by atoms with van der Waals surface area (Å²) in [4.78, 5) is 35.7. The number of hydrogen-bond acceptors (Lipinski definition) is 5. The largest absolute Gasteiger partial charge is 0.330 e. The molecule has 1 aromatic carbocycles. The fourth-order valence-corrected chi connectivity index (χ4v) is 4.03. The highest BCUT2D eigenvalue weighted by atomic mass is 19.2. The van der Waals surface area contributed by atoms with Crippen molar-refractivity contribution in [3.63, 3.8) is 0 Å². The number of tetrazole rings is 1. The highest BCUT2D eigenvalue weighted by Gasteiger charge is 2.35. The quantitative estimate of drug-likeness (QED) is 0.455. The molecule has 2 aromatic heterocycles. The highest BCUT2D eigenvalue weighted by molar-refractivity contribution is 6.02. The molecule has 12 heteroatoms. The molecule has 0 aliphatic carbocycles. The molecule has 35 heavy (non-hydrogen) atoms. The van der Waals surface area contributed by atoms with Crippen molar-refractivity contribution in [2.45, 2.75) is 52.5 Å². The number of rotatable bonds is 10. The van der Waals surface area contributed by atoms with Gasteiger partial charge >= 0.3 is 11.7 Å². The van der Waals surface area contributed by atoms with E-state index in [1.54, 1.807) is 9.80 Å². The van der Waals surface area contributed by atoms with Crippen LogP contribution in [0.3, 0.4) is 0 Å². The number of fused-ring (bicyclic) bond motifs is 1. The molecule has 0 unspecified atom stereocenters. The van der Waals surface area contributed by atoms with Crippen LogP contribution >= 0.6 is 0 Å². The number of benzene rings is 1. The van der Waals surface area contributed by atoms with Gasteiger partial charge in [-0.3, -0.25) is 14.8 Å². The zero-order chi connectivity index (χ0) is 24.9. The summed E-state index contributed by atoms with van der Waals surface area (Å²) in [5.41, 5.74) is 1.47. The molecule has 1 aliphatic rings. The number of unbranched alkanes of at least 4 members (excludes halogenated alkanes) is 1. The lowest BCUT2D eigenvalue weighted by atomic mass is 10.1. The standard InChI is InChI=1S/C23H28F2N8O2/c1-3-5-10-32-21-20(26-22(34)27-21)18(7-4-2)31(23(32)35)11-6-12-33-29-19(28-30-33)14-15-8-9-16(24)17(25)13-15/h7-9,13H,3-6,10-12,14H2,1-2H3,(H2,26,27,34). The normalized spacial score (nSPS) is 14.7. The van der Waals surface area contributed by atoms with Crippen molar-refractivity contribution in [3.05, 3.63) is 63.5 Å². The number of aromatic nitrogens is 6. The minimum Gasteiger partial charge on any atom is -0.303 e. The van der Waals surface area contributed by atoms with Crippen LogP contribution in [-0.2, 0) is 13.0 Å². The molecule has 0 radical (unpaired) electrons. The number of allylic oxidation sites excluding steroid dienone is 1. The van der Waals surface area contributed by atoms with Gasteiger partial charge in [-0.05, 0) is 42.2 Å². The smallest absolute Gasteiger partial charge is 0.303 e. The van der Waals surface area contributed by atoms with Gasteiger partial charge in [-0.25, -0.2) is 18.4 Å². The van der Waals surface area contributed by atoms with Crippen molar-refractivity contribution in [2.24, 2.45) is 0 Å². The van der Waals surface area contributed by atoms with Crippen molar-refractivity contribution < 1.29 is 13.6 Å². The molecule has 0 fully saturated rings. The molecule has 0 saturated heterocycles. The maximum absolute atomic E-state index is 13.4. The van der Waals surface area contributed by atoms with E-state index in [1.165, 1.54) is 10.9 Å². The fraction of sp³-hybridized carbons (Fsp3) is 0.435. The van der Waals surface area contributed by atoms with Gasteiger partial charge in [0.25, 0.3) is 0 Å². The molecular formula is C23H28F2N8O2. The predicted octanol–water partition coefficient (Wildman–Crippen LogP) is 3.44. The Morgan fingerprint density at radius 3 is 2.54 bits per heavy atom. The zero-order valence-corrected chi connectivity index (χ0v) is 19.7. The minimum atomic E-state index is -0.920. The molecule has 0 spiro atoms. The molecule has 0 saturated carbocycles. The molecule has 0 atom stereocenters. The van der Waals surface area contributed by atoms with Crippen molar-refractivity contribution in [1.29, 1.82) is 0 Å². The number of urea groups is 1. The molecule has 3 heterocycles. The number of carbonyl (C=O) groups excluding carboxylic acids is 1. The second-order valence-corrected chi connectivity index (χ2v) is 8.32. The zero-order valence-electron chi connectivity index (χ0n) is 19.7. The number of aryl methyl sites for hydroxylation is 1. The monoisotopic (exact) mass is 486 g/mol. The van der Waals surface area contributed by atoms with Crippen LogP contribution in [0.15, 0.2) is 29.1 Å². The van der Waals surface area contributed by atoms with E-state index < -0.39 is 11.6 Å². The lowest BCUT2D eigenvalue weighted by Gasteiger charge is -2.36. The molecule has 4 rings (SSSR count). The summed E-state index contributed by atoms with van der Waals surface area (Å²) in [6, 6.07) is 3.47. The van der Waals surface area contributed by atoms with E-state index in [1.807, 2.05) is 19.9 Å². The summed E-state index contributed by atoms with van der Waals surface area (Å²) in [5.74, 6) is -0.934. The van der Waals surface area contributed by atoms with Gasteiger partial charge in [-0.2, -0.15) is 4.80 Å². The van der Waals surface area contributed by atoms with Crippen LogP contribution in [-0.4, -0.2) is 54.2 Å². The van der Waals surface area contributed by atoms with Gasteiger partial charge in [0.15, 0.2) is 17.5 Å². The third kappa shape index (κ3) is 5.31. The second-order valence-electron chi connectivity index (χ2n) is 8.32. The average Bonchev–Trinajstić information content (AvgIpc) is 3.44. The number of nitrogens with zero attached hydrogens (tertiary/aromatic N) is 6. The molecule has 2 amide bonds. The molecule has 2 N–H and O–H groups in total. The van der Waals surface area contributed by atoms with Crippen molar-refractivity contribution in [3.8, 4) is 0 Å². The van der Waals surface area contributed by atoms with Gasteiger partial charge in [0.1, 0.15) is 11.5 Å². The number of imidazole rings is 1. The Kier molecular flexibility index (Phi) is 7.37. The van der Waals surface area contributed by atoms with Gasteiger partial charge in [-0.1, -0.05) is 32.4 Å². The van der Waals surface area contributed by atoms with E-state index in [9.17, 15) is 18.4 Å². The topological polar surface area (TPSA) is 116 Å². The number of halogens is 2. The Balaban J connectivity index is 1.44. The van der Waals surface area contributed by atoms with Gasteiger partial charge in [0.05, 0.1) is 12.2 Å². The van der Waals surface area contributed by atoms with Crippen LogP contribution in [0.4, 0.5) is 19.4 Å². The highest BCUT2D eigenvalue weighted by Crippen LogP contribution is 2.33. The van der Waals surface area contributed by atoms with Crippen LogP contribution < -0.4 is 10.6 Å². The van der Waals surface area contributed by atoms with E-state index in [0.29, 0.717) is 61.1 Å². The fourth-order valence-electron chi connectivity index (χ4n) is 4.03. The molecule has 10 nitrogen and oxygen atoms in total. The second kappa shape index (κ2) is 10.6. The number of amides is 2. The molecule has 186 valence electrons.